The molecule has 1 aliphatic rings. The molecule has 1 nitrogen and oxygen atoms in total. The zero-order chi connectivity index (χ0) is 17.4. The highest BCUT2D eigenvalue weighted by molar-refractivity contribution is 5.24. The molecule has 0 spiro atoms. The van der Waals surface area contributed by atoms with E-state index in [1.54, 1.807) is 18.2 Å². The molecule has 0 N–H and O–H groups in total. The molecule has 1 aliphatic carbocycles. The van der Waals surface area contributed by atoms with Crippen LogP contribution in [0.2, 0.25) is 0 Å². The van der Waals surface area contributed by atoms with Crippen molar-refractivity contribution in [3.05, 3.63) is 47.5 Å². The first-order valence-corrected chi connectivity index (χ1v) is 8.70. The van der Waals surface area contributed by atoms with Gasteiger partial charge in [-0.2, -0.15) is 18.4 Å². The zero-order valence-electron chi connectivity index (χ0n) is 13.9. The Morgan fingerprint density at radius 2 is 1.58 bits per heavy atom. The summed E-state index contributed by atoms with van der Waals surface area (Å²) in [6, 6.07) is 7.59. The van der Waals surface area contributed by atoms with E-state index >= 15 is 0 Å². The SMILES string of the molecule is N#C/C=C/CC[C@H]1CC[C@H](CCc2ccc(C(F)(F)F)cc2)CC1. The summed E-state index contributed by atoms with van der Waals surface area (Å²) in [5.74, 6) is 1.45. The van der Waals surface area contributed by atoms with Crippen molar-refractivity contribution >= 4 is 0 Å². The van der Waals surface area contributed by atoms with E-state index in [1.807, 2.05) is 12.1 Å². The predicted octanol–water partition coefficient (Wildman–Crippen LogP) is 6.30. The molecular formula is C20H24F3N. The molecule has 0 atom stereocenters. The number of hydrogen-bond acceptors (Lipinski definition) is 1. The molecule has 0 aromatic heterocycles. The van der Waals surface area contributed by atoms with Crippen LogP contribution in [0.5, 0.6) is 0 Å². The summed E-state index contributed by atoms with van der Waals surface area (Å²) in [6.45, 7) is 0. The minimum absolute atomic E-state index is 0.572. The number of nitrogens with zero attached hydrogens (tertiary/aromatic N) is 1. The van der Waals surface area contributed by atoms with Crippen LogP contribution < -0.4 is 0 Å². The molecule has 24 heavy (non-hydrogen) atoms. The van der Waals surface area contributed by atoms with Crippen molar-refractivity contribution in [2.24, 2.45) is 11.8 Å². The maximum Gasteiger partial charge on any atom is 0.416 e. The first-order valence-electron chi connectivity index (χ1n) is 8.70. The van der Waals surface area contributed by atoms with Crippen molar-refractivity contribution in [1.82, 2.24) is 0 Å². The van der Waals surface area contributed by atoms with E-state index in [-0.39, 0.29) is 0 Å². The molecule has 1 fully saturated rings. The second-order valence-electron chi connectivity index (χ2n) is 6.73. The molecule has 0 heterocycles. The third-order valence-corrected chi connectivity index (χ3v) is 5.02. The van der Waals surface area contributed by atoms with Crippen LogP contribution in [0.25, 0.3) is 0 Å². The number of nitriles is 1. The molecule has 130 valence electrons. The van der Waals surface area contributed by atoms with Gasteiger partial charge in [-0.05, 0) is 55.2 Å². The Hall–Kier alpha value is -1.76. The summed E-state index contributed by atoms with van der Waals surface area (Å²) < 4.78 is 37.6. The highest BCUT2D eigenvalue weighted by Gasteiger charge is 2.30. The Labute approximate surface area is 142 Å². The molecular weight excluding hydrogens is 311 g/mol. The average Bonchev–Trinajstić information content (AvgIpc) is 2.57. The Kier molecular flexibility index (Phi) is 6.90. The van der Waals surface area contributed by atoms with E-state index in [2.05, 4.69) is 0 Å². The van der Waals surface area contributed by atoms with Gasteiger partial charge in [-0.25, -0.2) is 0 Å². The van der Waals surface area contributed by atoms with Gasteiger partial charge in [-0.15, -0.1) is 0 Å². The fourth-order valence-corrected chi connectivity index (χ4v) is 3.51. The molecule has 0 aliphatic heterocycles. The van der Waals surface area contributed by atoms with Crippen LogP contribution in [0.15, 0.2) is 36.4 Å². The third-order valence-electron chi connectivity index (χ3n) is 5.02. The van der Waals surface area contributed by atoms with Crippen LogP contribution in [0.3, 0.4) is 0 Å². The maximum absolute atomic E-state index is 12.5. The fraction of sp³-hybridized carbons (Fsp3) is 0.550. The Balaban J connectivity index is 1.69. The Morgan fingerprint density at radius 1 is 1.00 bits per heavy atom. The predicted molar refractivity (Wildman–Crippen MR) is 89.2 cm³/mol. The van der Waals surface area contributed by atoms with E-state index in [0.29, 0.717) is 5.92 Å². The molecule has 1 aromatic carbocycles. The molecule has 4 heteroatoms. The fourth-order valence-electron chi connectivity index (χ4n) is 3.51. The molecule has 0 unspecified atom stereocenters. The van der Waals surface area contributed by atoms with Crippen molar-refractivity contribution in [2.75, 3.05) is 0 Å². The number of allylic oxidation sites excluding steroid dienone is 2. The zero-order valence-corrected chi connectivity index (χ0v) is 13.9. The summed E-state index contributed by atoms with van der Waals surface area (Å²) in [4.78, 5) is 0. The third kappa shape index (κ3) is 6.03. The van der Waals surface area contributed by atoms with Crippen LogP contribution >= 0.6 is 0 Å². The van der Waals surface area contributed by atoms with Crippen LogP contribution in [-0.2, 0) is 12.6 Å². The lowest BCUT2D eigenvalue weighted by Gasteiger charge is -2.28. The van der Waals surface area contributed by atoms with Gasteiger partial charge in [0.25, 0.3) is 0 Å². The maximum atomic E-state index is 12.5. The van der Waals surface area contributed by atoms with Gasteiger partial charge in [0.2, 0.25) is 0 Å². The summed E-state index contributed by atoms with van der Waals surface area (Å²) >= 11 is 0. The van der Waals surface area contributed by atoms with Gasteiger partial charge in [0.15, 0.2) is 0 Å². The smallest absolute Gasteiger partial charge is 0.193 e. The summed E-state index contributed by atoms with van der Waals surface area (Å²) in [6.07, 6.45) is 8.20. The van der Waals surface area contributed by atoms with Gasteiger partial charge in [0.05, 0.1) is 11.6 Å². The topological polar surface area (TPSA) is 23.8 Å². The first kappa shape index (κ1) is 18.6. The van der Waals surface area contributed by atoms with Crippen LogP contribution in [0, 0.1) is 23.2 Å². The first-order chi connectivity index (χ1) is 11.5. The average molecular weight is 335 g/mol. The van der Waals surface area contributed by atoms with Crippen LogP contribution in [0.4, 0.5) is 13.2 Å². The van der Waals surface area contributed by atoms with E-state index in [0.717, 1.165) is 37.2 Å². The van der Waals surface area contributed by atoms with E-state index in [4.69, 9.17) is 5.26 Å². The number of benzene rings is 1. The van der Waals surface area contributed by atoms with E-state index in [9.17, 15) is 13.2 Å². The molecule has 0 saturated heterocycles. The number of halogens is 3. The monoisotopic (exact) mass is 335 g/mol. The number of rotatable bonds is 6. The summed E-state index contributed by atoms with van der Waals surface area (Å²) in [5, 5.41) is 8.45. The van der Waals surface area contributed by atoms with Crippen molar-refractivity contribution in [1.29, 1.82) is 5.26 Å². The van der Waals surface area contributed by atoms with Gasteiger partial charge in [-0.1, -0.05) is 43.9 Å². The highest BCUT2D eigenvalue weighted by atomic mass is 19.4. The second kappa shape index (κ2) is 8.92. The molecule has 0 bridgehead atoms. The minimum atomic E-state index is -4.25. The van der Waals surface area contributed by atoms with E-state index < -0.39 is 11.7 Å². The molecule has 2 rings (SSSR count). The van der Waals surface area contributed by atoms with E-state index in [1.165, 1.54) is 37.8 Å². The molecule has 0 amide bonds. The van der Waals surface area contributed by atoms with Gasteiger partial charge >= 0.3 is 6.18 Å². The second-order valence-corrected chi connectivity index (χ2v) is 6.73. The molecule has 1 saturated carbocycles. The van der Waals surface area contributed by atoms with Gasteiger partial charge < -0.3 is 0 Å². The Bertz CT molecular complexity index is 558. The van der Waals surface area contributed by atoms with Crippen molar-refractivity contribution in [2.45, 2.75) is 57.5 Å². The highest BCUT2D eigenvalue weighted by Crippen LogP contribution is 2.34. The van der Waals surface area contributed by atoms with Crippen molar-refractivity contribution in [3.63, 3.8) is 0 Å². The lowest BCUT2D eigenvalue weighted by Crippen LogP contribution is -2.15. The lowest BCUT2D eigenvalue weighted by atomic mass is 9.78. The lowest BCUT2D eigenvalue weighted by molar-refractivity contribution is -0.137. The van der Waals surface area contributed by atoms with Gasteiger partial charge in [-0.3, -0.25) is 0 Å². The standard InChI is InChI=1S/C20H24F3N/c21-20(22,23)19-13-11-18(12-14-19)10-9-17-7-5-16(6-8-17)4-2-1-3-15-24/h1,3,11-14,16-17H,2,4-10H2/b3-1+/t16-,17-. The quantitative estimate of drug-likeness (QED) is 0.559. The number of hydrogen-bond donors (Lipinski definition) is 0. The minimum Gasteiger partial charge on any atom is -0.193 e. The van der Waals surface area contributed by atoms with Gasteiger partial charge in [0.1, 0.15) is 0 Å². The molecule has 1 aromatic rings. The normalized spacial score (nSPS) is 21.8. The summed E-state index contributed by atoms with van der Waals surface area (Å²) in [5.41, 5.74) is 0.420. The van der Waals surface area contributed by atoms with Gasteiger partial charge in [0, 0.05) is 6.08 Å². The number of aryl methyl sites for hydroxylation is 1. The largest absolute Gasteiger partial charge is 0.416 e. The summed E-state index contributed by atoms with van der Waals surface area (Å²) in [7, 11) is 0. The van der Waals surface area contributed by atoms with Crippen molar-refractivity contribution in [3.8, 4) is 6.07 Å². The number of alkyl halides is 3. The van der Waals surface area contributed by atoms with Crippen LogP contribution in [-0.4, -0.2) is 0 Å². The molecule has 0 radical (unpaired) electrons. The Morgan fingerprint density at radius 3 is 2.12 bits per heavy atom. The van der Waals surface area contributed by atoms with Crippen LogP contribution in [0.1, 0.15) is 56.1 Å². The van der Waals surface area contributed by atoms with Crippen molar-refractivity contribution < 1.29 is 13.2 Å².